The number of amides is 1. The van der Waals surface area contributed by atoms with Gasteiger partial charge >= 0.3 is 6.18 Å². The van der Waals surface area contributed by atoms with Crippen molar-refractivity contribution in [1.82, 2.24) is 20.5 Å². The quantitative estimate of drug-likeness (QED) is 0.166. The van der Waals surface area contributed by atoms with Crippen molar-refractivity contribution < 1.29 is 27.8 Å². The Hall–Kier alpha value is -4.50. The molecule has 11 heteroatoms. The van der Waals surface area contributed by atoms with E-state index in [-0.39, 0.29) is 59.3 Å². The van der Waals surface area contributed by atoms with Gasteiger partial charge < -0.3 is 20.5 Å². The number of aliphatic hydroxyl groups excluding tert-OH is 1. The fraction of sp³-hybridized carbons (Fsp3) is 0.395. The number of rotatable bonds is 11. The molecule has 1 saturated heterocycles. The minimum Gasteiger partial charge on any atom is -0.490 e. The molecular formula is C38H40F3N5O3. The van der Waals surface area contributed by atoms with Gasteiger partial charge in [0.05, 0.1) is 46.2 Å². The molecule has 0 bridgehead atoms. The van der Waals surface area contributed by atoms with Crippen molar-refractivity contribution >= 4 is 16.8 Å². The van der Waals surface area contributed by atoms with Crippen LogP contribution in [-0.4, -0.2) is 59.3 Å². The van der Waals surface area contributed by atoms with Gasteiger partial charge in [-0.2, -0.15) is 18.4 Å². The highest BCUT2D eigenvalue weighted by Gasteiger charge is 2.46. The molecule has 1 aromatic heterocycles. The van der Waals surface area contributed by atoms with Crippen LogP contribution in [0.3, 0.4) is 0 Å². The Morgan fingerprint density at radius 1 is 1.10 bits per heavy atom. The summed E-state index contributed by atoms with van der Waals surface area (Å²) >= 11 is 0. The third-order valence-corrected chi connectivity index (χ3v) is 9.30. The minimum absolute atomic E-state index is 0.0425. The molecule has 6 rings (SSSR count). The molecule has 1 saturated carbocycles. The van der Waals surface area contributed by atoms with Gasteiger partial charge in [-0.3, -0.25) is 9.69 Å². The number of pyridine rings is 1. The van der Waals surface area contributed by atoms with Crippen molar-refractivity contribution in [2.24, 2.45) is 0 Å². The summed E-state index contributed by atoms with van der Waals surface area (Å²) in [6.45, 7) is 5.79. The smallest absolute Gasteiger partial charge is 0.416 e. The number of nitrogens with zero attached hydrogens (tertiary/aromatic N) is 3. The lowest BCUT2D eigenvalue weighted by Crippen LogP contribution is -2.43. The number of nitriles is 1. The third-order valence-electron chi connectivity index (χ3n) is 9.30. The minimum atomic E-state index is -4.58. The zero-order chi connectivity index (χ0) is 34.8. The first-order valence-electron chi connectivity index (χ1n) is 16.7. The number of aromatic nitrogens is 1. The number of carbonyl (C=O) groups is 1. The van der Waals surface area contributed by atoms with Crippen molar-refractivity contribution in [2.75, 3.05) is 26.2 Å². The van der Waals surface area contributed by atoms with E-state index in [4.69, 9.17) is 9.72 Å². The summed E-state index contributed by atoms with van der Waals surface area (Å²) in [5, 5.41) is 26.5. The monoisotopic (exact) mass is 671 g/mol. The van der Waals surface area contributed by atoms with Crippen molar-refractivity contribution in [3.63, 3.8) is 0 Å². The Bertz CT molecular complexity index is 1860. The summed E-state index contributed by atoms with van der Waals surface area (Å²) in [6.07, 6.45) is -1.76. The van der Waals surface area contributed by atoms with Gasteiger partial charge in [-0.1, -0.05) is 42.5 Å². The molecule has 3 aromatic carbocycles. The van der Waals surface area contributed by atoms with Crippen LogP contribution in [-0.2, 0) is 18.3 Å². The number of hydrogen-bond acceptors (Lipinski definition) is 7. The number of piperidine rings is 1. The normalized spacial score (nSPS) is 16.4. The molecule has 256 valence electrons. The summed E-state index contributed by atoms with van der Waals surface area (Å²) in [5.74, 6) is -0.0927. The zero-order valence-corrected chi connectivity index (χ0v) is 27.6. The van der Waals surface area contributed by atoms with Gasteiger partial charge in [0.15, 0.2) is 0 Å². The SMILES string of the molecule is CC(C)Oc1cc2nc(-c3cccc(C(F)(F)F)c3)c(CN3CCC(NCCO)CC3)c(C(=O)NC3(c4ccccc4)CC3)c2cc1C#N. The van der Waals surface area contributed by atoms with Gasteiger partial charge in [0.25, 0.3) is 5.91 Å². The largest absolute Gasteiger partial charge is 0.490 e. The van der Waals surface area contributed by atoms with Crippen molar-refractivity contribution in [3.05, 3.63) is 94.5 Å². The zero-order valence-electron chi connectivity index (χ0n) is 27.6. The topological polar surface area (TPSA) is 111 Å². The van der Waals surface area contributed by atoms with E-state index >= 15 is 0 Å². The molecule has 1 amide bonds. The molecule has 2 heterocycles. The summed E-state index contributed by atoms with van der Waals surface area (Å²) in [6, 6.07) is 20.4. The molecule has 49 heavy (non-hydrogen) atoms. The maximum absolute atomic E-state index is 14.7. The Morgan fingerprint density at radius 3 is 2.47 bits per heavy atom. The van der Waals surface area contributed by atoms with Gasteiger partial charge in [0.2, 0.25) is 0 Å². The number of benzene rings is 3. The van der Waals surface area contributed by atoms with E-state index in [1.807, 2.05) is 44.2 Å². The van der Waals surface area contributed by atoms with E-state index in [9.17, 15) is 28.3 Å². The van der Waals surface area contributed by atoms with Gasteiger partial charge in [0, 0.05) is 41.7 Å². The number of aliphatic hydroxyl groups is 1. The Kier molecular flexibility index (Phi) is 9.93. The maximum Gasteiger partial charge on any atom is 0.416 e. The fourth-order valence-corrected chi connectivity index (χ4v) is 6.70. The highest BCUT2D eigenvalue weighted by molar-refractivity contribution is 6.10. The van der Waals surface area contributed by atoms with E-state index in [2.05, 4.69) is 21.6 Å². The summed E-state index contributed by atoms with van der Waals surface area (Å²) in [4.78, 5) is 21.8. The summed E-state index contributed by atoms with van der Waals surface area (Å²) < 4.78 is 47.9. The number of hydrogen-bond donors (Lipinski definition) is 3. The molecular weight excluding hydrogens is 631 g/mol. The maximum atomic E-state index is 14.7. The molecule has 2 aliphatic rings. The summed E-state index contributed by atoms with van der Waals surface area (Å²) in [5.41, 5.74) is 1.45. The highest BCUT2D eigenvalue weighted by atomic mass is 19.4. The van der Waals surface area contributed by atoms with Crippen molar-refractivity contribution in [3.8, 4) is 23.1 Å². The van der Waals surface area contributed by atoms with Crippen molar-refractivity contribution in [2.45, 2.75) is 69.9 Å². The fourth-order valence-electron chi connectivity index (χ4n) is 6.70. The lowest BCUT2D eigenvalue weighted by atomic mass is 9.92. The molecule has 3 N–H and O–H groups in total. The second-order valence-electron chi connectivity index (χ2n) is 13.2. The van der Waals surface area contributed by atoms with Crippen LogP contribution in [0.1, 0.15) is 72.1 Å². The van der Waals surface area contributed by atoms with E-state index in [1.165, 1.54) is 6.07 Å². The lowest BCUT2D eigenvalue weighted by Gasteiger charge is -2.33. The van der Waals surface area contributed by atoms with Crippen LogP contribution in [0.25, 0.3) is 22.2 Å². The first-order chi connectivity index (χ1) is 23.5. The molecule has 0 radical (unpaired) electrons. The molecule has 4 aromatic rings. The number of ether oxygens (including phenoxy) is 1. The third kappa shape index (κ3) is 7.57. The van der Waals surface area contributed by atoms with Crippen LogP contribution in [0.5, 0.6) is 5.75 Å². The molecule has 1 aliphatic carbocycles. The van der Waals surface area contributed by atoms with E-state index in [0.717, 1.165) is 43.4 Å². The van der Waals surface area contributed by atoms with Gasteiger partial charge in [-0.25, -0.2) is 4.98 Å². The summed E-state index contributed by atoms with van der Waals surface area (Å²) in [7, 11) is 0. The van der Waals surface area contributed by atoms with Crippen LogP contribution in [0, 0.1) is 11.3 Å². The van der Waals surface area contributed by atoms with Gasteiger partial charge in [0.1, 0.15) is 11.8 Å². The Balaban J connectivity index is 1.54. The Morgan fingerprint density at radius 2 is 1.84 bits per heavy atom. The van der Waals surface area contributed by atoms with E-state index in [0.29, 0.717) is 36.1 Å². The number of nitrogens with one attached hydrogen (secondary N) is 2. The van der Waals surface area contributed by atoms with E-state index < -0.39 is 17.3 Å². The highest BCUT2D eigenvalue weighted by Crippen LogP contribution is 2.46. The number of fused-ring (bicyclic) bond motifs is 1. The number of alkyl halides is 3. The average Bonchev–Trinajstić information content (AvgIpc) is 3.87. The van der Waals surface area contributed by atoms with Crippen molar-refractivity contribution in [1.29, 1.82) is 5.26 Å². The Labute approximate surface area is 283 Å². The second kappa shape index (κ2) is 14.2. The van der Waals surface area contributed by atoms with Crippen LogP contribution >= 0.6 is 0 Å². The number of halogens is 3. The lowest BCUT2D eigenvalue weighted by molar-refractivity contribution is -0.137. The first kappa shape index (κ1) is 34.4. The molecule has 1 aliphatic heterocycles. The molecule has 8 nitrogen and oxygen atoms in total. The standard InChI is InChI=1S/C38H40F3N5O3/c1-24(2)49-33-21-32-30(20-26(33)22-42)34(36(48)45-37(13-14-37)27-8-4-3-5-9-27)31(23-46-16-11-29(12-17-46)43-15-18-47)35(44-32)25-7-6-10-28(19-25)38(39,40)41/h3-10,19-21,24,29,43,47H,11-18,23H2,1-2H3,(H,45,48). The van der Waals surface area contributed by atoms with Crippen LogP contribution in [0.15, 0.2) is 66.7 Å². The van der Waals surface area contributed by atoms with E-state index in [1.54, 1.807) is 18.2 Å². The van der Waals surface area contributed by atoms with Crippen LogP contribution in [0.2, 0.25) is 0 Å². The van der Waals surface area contributed by atoms with Crippen LogP contribution < -0.4 is 15.4 Å². The number of likely N-dealkylation sites (tertiary alicyclic amines) is 1. The molecule has 0 unspecified atom stereocenters. The first-order valence-corrected chi connectivity index (χ1v) is 16.7. The van der Waals surface area contributed by atoms with Crippen LogP contribution in [0.4, 0.5) is 13.2 Å². The predicted molar refractivity (Wildman–Crippen MR) is 181 cm³/mol. The number of carbonyl (C=O) groups excluding carboxylic acids is 1. The predicted octanol–water partition coefficient (Wildman–Crippen LogP) is 6.54. The van der Waals surface area contributed by atoms with Gasteiger partial charge in [-0.15, -0.1) is 0 Å². The van der Waals surface area contributed by atoms with Gasteiger partial charge in [-0.05, 0) is 76.4 Å². The average molecular weight is 672 g/mol. The molecule has 0 atom stereocenters. The second-order valence-corrected chi connectivity index (χ2v) is 13.2. The molecule has 0 spiro atoms. The molecule has 2 fully saturated rings.